The largest absolute Gasteiger partial charge is 0.288 e. The summed E-state index contributed by atoms with van der Waals surface area (Å²) in [6.45, 7) is 0. The number of nitrogens with zero attached hydrogens (tertiary/aromatic N) is 1. The minimum atomic E-state index is -3.51. The number of benzene rings is 1. The van der Waals surface area contributed by atoms with Gasteiger partial charge < -0.3 is 0 Å². The molecule has 0 atom stereocenters. The molecule has 3 rings (SSSR count). The average Bonchev–Trinajstić information content (AvgIpc) is 2.91. The predicted molar refractivity (Wildman–Crippen MR) is 85.1 cm³/mol. The standard InChI is InChI=1S/C16H13FN2O3S/c1-23(21,22)19-10-4-6-14(17)13(9-10)16(20)12-5-7-15-11(12)3-2-8-18-15/h2-6,8-9,19H,7H2,1H3. The zero-order chi connectivity index (χ0) is 16.6. The van der Waals surface area contributed by atoms with Gasteiger partial charge in [0, 0.05) is 29.4 Å². The minimum absolute atomic E-state index is 0.141. The molecule has 1 aromatic heterocycles. The number of sulfonamides is 1. The second kappa shape index (κ2) is 5.58. The van der Waals surface area contributed by atoms with Crippen LogP contribution in [0.1, 0.15) is 21.6 Å². The normalized spacial score (nSPS) is 13.4. The highest BCUT2D eigenvalue weighted by Gasteiger charge is 2.24. The molecule has 118 valence electrons. The van der Waals surface area contributed by atoms with Crippen molar-refractivity contribution in [3.63, 3.8) is 0 Å². The van der Waals surface area contributed by atoms with Crippen molar-refractivity contribution in [2.24, 2.45) is 0 Å². The maximum Gasteiger partial charge on any atom is 0.229 e. The summed E-state index contributed by atoms with van der Waals surface area (Å²) >= 11 is 0. The van der Waals surface area contributed by atoms with Crippen molar-refractivity contribution in [2.75, 3.05) is 11.0 Å². The van der Waals surface area contributed by atoms with Crippen molar-refractivity contribution in [2.45, 2.75) is 6.42 Å². The summed E-state index contributed by atoms with van der Waals surface area (Å²) in [5.74, 6) is -1.20. The minimum Gasteiger partial charge on any atom is -0.288 e. The Morgan fingerprint density at radius 2 is 2.09 bits per heavy atom. The first-order valence-electron chi connectivity index (χ1n) is 6.81. The number of ketones is 1. The van der Waals surface area contributed by atoms with E-state index in [1.54, 1.807) is 24.4 Å². The van der Waals surface area contributed by atoms with E-state index in [-0.39, 0.29) is 11.3 Å². The fraction of sp³-hybridized carbons (Fsp3) is 0.125. The maximum absolute atomic E-state index is 14.0. The third-order valence-corrected chi connectivity index (χ3v) is 4.05. The molecule has 0 bridgehead atoms. The molecule has 0 aliphatic heterocycles. The Labute approximate surface area is 132 Å². The summed E-state index contributed by atoms with van der Waals surface area (Å²) in [6, 6.07) is 7.01. The number of hydrogen-bond acceptors (Lipinski definition) is 4. The number of nitrogens with one attached hydrogen (secondary N) is 1. The van der Waals surface area contributed by atoms with Crippen LogP contribution in [0.3, 0.4) is 0 Å². The molecule has 0 spiro atoms. The van der Waals surface area contributed by atoms with Crippen LogP contribution in [0, 0.1) is 5.82 Å². The third-order valence-electron chi connectivity index (χ3n) is 3.44. The molecule has 0 amide bonds. The number of Topliss-reactive ketones (excluding diaryl/α,β-unsaturated/α-hetero) is 1. The number of halogens is 1. The number of pyridine rings is 1. The van der Waals surface area contributed by atoms with Crippen LogP contribution in [0.4, 0.5) is 10.1 Å². The van der Waals surface area contributed by atoms with Gasteiger partial charge in [0.05, 0.1) is 17.5 Å². The molecule has 1 heterocycles. The van der Waals surface area contributed by atoms with Crippen molar-refractivity contribution in [3.8, 4) is 0 Å². The predicted octanol–water partition coefficient (Wildman–Crippen LogP) is 2.41. The molecule has 0 fully saturated rings. The Hall–Kier alpha value is -2.54. The number of fused-ring (bicyclic) bond motifs is 1. The summed E-state index contributed by atoms with van der Waals surface area (Å²) < 4.78 is 38.8. The quantitative estimate of drug-likeness (QED) is 0.873. The van der Waals surface area contributed by atoms with E-state index in [2.05, 4.69) is 9.71 Å². The molecule has 1 aliphatic rings. The highest BCUT2D eigenvalue weighted by molar-refractivity contribution is 7.92. The fourth-order valence-corrected chi connectivity index (χ4v) is 3.05. The van der Waals surface area contributed by atoms with E-state index in [4.69, 9.17) is 0 Å². The van der Waals surface area contributed by atoms with Crippen LogP contribution in [0.5, 0.6) is 0 Å². The van der Waals surface area contributed by atoms with Gasteiger partial charge in [-0.05, 0) is 24.3 Å². The van der Waals surface area contributed by atoms with Crippen LogP contribution in [-0.4, -0.2) is 25.4 Å². The Balaban J connectivity index is 1.99. The molecule has 0 saturated heterocycles. The molecule has 1 aromatic carbocycles. The Morgan fingerprint density at radius 1 is 1.30 bits per heavy atom. The Bertz CT molecular complexity index is 936. The highest BCUT2D eigenvalue weighted by Crippen LogP contribution is 2.30. The first-order valence-corrected chi connectivity index (χ1v) is 8.71. The van der Waals surface area contributed by atoms with E-state index in [0.717, 1.165) is 18.0 Å². The van der Waals surface area contributed by atoms with Gasteiger partial charge in [0.15, 0.2) is 5.78 Å². The van der Waals surface area contributed by atoms with Crippen LogP contribution in [0.15, 0.2) is 42.6 Å². The fourth-order valence-electron chi connectivity index (χ4n) is 2.49. The highest BCUT2D eigenvalue weighted by atomic mass is 32.2. The number of anilines is 1. The van der Waals surface area contributed by atoms with Gasteiger partial charge in [-0.3, -0.25) is 14.5 Å². The number of hydrogen-bond donors (Lipinski definition) is 1. The second-order valence-corrected chi connectivity index (χ2v) is 6.97. The van der Waals surface area contributed by atoms with Gasteiger partial charge in [-0.2, -0.15) is 0 Å². The first kappa shape index (κ1) is 15.4. The number of allylic oxidation sites excluding steroid dienone is 2. The van der Waals surface area contributed by atoms with Crippen molar-refractivity contribution in [3.05, 3.63) is 65.2 Å². The first-order chi connectivity index (χ1) is 10.8. The lowest BCUT2D eigenvalue weighted by Gasteiger charge is -2.09. The number of carbonyl (C=O) groups is 1. The van der Waals surface area contributed by atoms with Crippen molar-refractivity contribution in [1.82, 2.24) is 4.98 Å². The Kier molecular flexibility index (Phi) is 3.73. The third kappa shape index (κ3) is 3.14. The lowest BCUT2D eigenvalue weighted by molar-refractivity contribution is 0.105. The number of carbonyl (C=O) groups excluding carboxylic acids is 1. The van der Waals surface area contributed by atoms with E-state index < -0.39 is 21.6 Å². The van der Waals surface area contributed by atoms with Gasteiger partial charge in [-0.25, -0.2) is 12.8 Å². The summed E-state index contributed by atoms with van der Waals surface area (Å²) in [7, 11) is -3.51. The Morgan fingerprint density at radius 3 is 2.83 bits per heavy atom. The zero-order valence-corrected chi connectivity index (χ0v) is 13.0. The van der Waals surface area contributed by atoms with E-state index >= 15 is 0 Å². The molecule has 1 N–H and O–H groups in total. The smallest absolute Gasteiger partial charge is 0.229 e. The lowest BCUT2D eigenvalue weighted by atomic mass is 9.99. The zero-order valence-electron chi connectivity index (χ0n) is 12.2. The van der Waals surface area contributed by atoms with Crippen LogP contribution in [0.25, 0.3) is 5.57 Å². The molecular formula is C16H13FN2O3S. The van der Waals surface area contributed by atoms with Crippen LogP contribution >= 0.6 is 0 Å². The molecule has 7 heteroatoms. The van der Waals surface area contributed by atoms with E-state index in [1.165, 1.54) is 12.1 Å². The molecule has 0 radical (unpaired) electrons. The maximum atomic E-state index is 14.0. The molecule has 1 aliphatic carbocycles. The molecule has 0 saturated carbocycles. The molecule has 2 aromatic rings. The van der Waals surface area contributed by atoms with Gasteiger partial charge in [0.1, 0.15) is 5.82 Å². The van der Waals surface area contributed by atoms with Gasteiger partial charge in [-0.1, -0.05) is 12.1 Å². The van der Waals surface area contributed by atoms with Gasteiger partial charge in [-0.15, -0.1) is 0 Å². The molecule has 0 unspecified atom stereocenters. The topological polar surface area (TPSA) is 76.1 Å². The summed E-state index contributed by atoms with van der Waals surface area (Å²) in [4.78, 5) is 16.8. The molecule has 5 nitrogen and oxygen atoms in total. The van der Waals surface area contributed by atoms with Crippen LogP contribution in [-0.2, 0) is 16.4 Å². The summed E-state index contributed by atoms with van der Waals surface area (Å²) in [5, 5.41) is 0. The number of rotatable bonds is 4. The van der Waals surface area contributed by atoms with Crippen LogP contribution in [0.2, 0.25) is 0 Å². The van der Waals surface area contributed by atoms with Crippen molar-refractivity contribution in [1.29, 1.82) is 0 Å². The SMILES string of the molecule is CS(=O)(=O)Nc1ccc(F)c(C(=O)C2=CCc3ncccc32)c1. The number of aromatic nitrogens is 1. The van der Waals surface area contributed by atoms with Crippen LogP contribution < -0.4 is 4.72 Å². The average molecular weight is 332 g/mol. The van der Waals surface area contributed by atoms with Gasteiger partial charge >= 0.3 is 0 Å². The monoisotopic (exact) mass is 332 g/mol. The van der Waals surface area contributed by atoms with E-state index in [9.17, 15) is 17.6 Å². The molecular weight excluding hydrogens is 319 g/mol. The summed E-state index contributed by atoms with van der Waals surface area (Å²) in [5.41, 5.74) is 1.78. The summed E-state index contributed by atoms with van der Waals surface area (Å²) in [6.07, 6.45) is 4.84. The second-order valence-electron chi connectivity index (χ2n) is 5.22. The van der Waals surface area contributed by atoms with E-state index in [0.29, 0.717) is 17.6 Å². The molecule has 23 heavy (non-hydrogen) atoms. The lowest BCUT2D eigenvalue weighted by Crippen LogP contribution is -2.11. The van der Waals surface area contributed by atoms with E-state index in [1.807, 2.05) is 0 Å². The van der Waals surface area contributed by atoms with Crippen molar-refractivity contribution < 1.29 is 17.6 Å². The van der Waals surface area contributed by atoms with Gasteiger partial charge in [0.25, 0.3) is 0 Å². The van der Waals surface area contributed by atoms with Gasteiger partial charge in [0.2, 0.25) is 10.0 Å². The van der Waals surface area contributed by atoms with Crippen molar-refractivity contribution >= 4 is 27.1 Å².